The summed E-state index contributed by atoms with van der Waals surface area (Å²) in [6.07, 6.45) is 1.48. The summed E-state index contributed by atoms with van der Waals surface area (Å²) >= 11 is 12.7. The van der Waals surface area contributed by atoms with Crippen molar-refractivity contribution in [2.45, 2.75) is 25.9 Å². The Morgan fingerprint density at radius 2 is 1.97 bits per heavy atom. The summed E-state index contributed by atoms with van der Waals surface area (Å²) in [5.41, 5.74) is 1.31. The molecule has 2 aliphatic heterocycles. The highest BCUT2D eigenvalue weighted by Crippen LogP contribution is 2.37. The molecule has 11 heteroatoms. The lowest BCUT2D eigenvalue weighted by atomic mass is 9.94. The topological polar surface area (TPSA) is 95.3 Å². The van der Waals surface area contributed by atoms with E-state index in [1.54, 1.807) is 49.2 Å². The molecular formula is C25H28Cl2N4O5. The zero-order chi connectivity index (χ0) is 26.0. The van der Waals surface area contributed by atoms with Crippen molar-refractivity contribution in [2.75, 3.05) is 39.8 Å². The first-order valence-corrected chi connectivity index (χ1v) is 12.4. The van der Waals surface area contributed by atoms with Crippen LogP contribution in [0.2, 0.25) is 10.0 Å². The smallest absolute Gasteiger partial charge is 0.338 e. The van der Waals surface area contributed by atoms with Gasteiger partial charge in [0.1, 0.15) is 0 Å². The largest absolute Gasteiger partial charge is 0.463 e. The van der Waals surface area contributed by atoms with Gasteiger partial charge in [-0.15, -0.1) is 0 Å². The molecular weight excluding hydrogens is 507 g/mol. The molecule has 0 spiro atoms. The van der Waals surface area contributed by atoms with Crippen molar-refractivity contribution in [2.24, 2.45) is 0 Å². The first-order chi connectivity index (χ1) is 17.2. The van der Waals surface area contributed by atoms with Crippen LogP contribution >= 0.6 is 23.2 Å². The summed E-state index contributed by atoms with van der Waals surface area (Å²) in [6, 6.07) is 7.11. The van der Waals surface area contributed by atoms with Crippen molar-refractivity contribution in [3.05, 3.63) is 69.2 Å². The lowest BCUT2D eigenvalue weighted by molar-refractivity contribution is -0.139. The van der Waals surface area contributed by atoms with Gasteiger partial charge in [-0.2, -0.15) is 0 Å². The van der Waals surface area contributed by atoms with Gasteiger partial charge in [-0.1, -0.05) is 35.3 Å². The Morgan fingerprint density at radius 3 is 2.64 bits per heavy atom. The molecule has 1 N–H and O–H groups in total. The van der Waals surface area contributed by atoms with Gasteiger partial charge in [0.15, 0.2) is 5.76 Å². The van der Waals surface area contributed by atoms with Gasteiger partial charge >= 0.3 is 12.0 Å². The second-order valence-electron chi connectivity index (χ2n) is 8.73. The number of piperazine rings is 1. The van der Waals surface area contributed by atoms with E-state index in [1.165, 1.54) is 11.2 Å². The van der Waals surface area contributed by atoms with E-state index in [0.29, 0.717) is 53.8 Å². The van der Waals surface area contributed by atoms with Crippen molar-refractivity contribution in [1.29, 1.82) is 0 Å². The van der Waals surface area contributed by atoms with Crippen molar-refractivity contribution >= 4 is 41.1 Å². The van der Waals surface area contributed by atoms with E-state index < -0.39 is 12.0 Å². The Hall–Kier alpha value is -3.01. The molecule has 36 heavy (non-hydrogen) atoms. The molecule has 2 aliphatic rings. The van der Waals surface area contributed by atoms with Crippen molar-refractivity contribution in [3.63, 3.8) is 0 Å². The minimum absolute atomic E-state index is 0.108. The van der Waals surface area contributed by atoms with Crippen LogP contribution in [-0.4, -0.2) is 78.5 Å². The van der Waals surface area contributed by atoms with Crippen LogP contribution in [0, 0.1) is 0 Å². The number of benzene rings is 1. The van der Waals surface area contributed by atoms with E-state index in [9.17, 15) is 14.4 Å². The first-order valence-electron chi connectivity index (χ1n) is 11.7. The number of hydrogen-bond donors (Lipinski definition) is 1. The number of halogens is 2. The monoisotopic (exact) mass is 534 g/mol. The van der Waals surface area contributed by atoms with E-state index in [4.69, 9.17) is 32.4 Å². The number of furan rings is 1. The summed E-state index contributed by atoms with van der Waals surface area (Å²) in [7, 11) is 1.61. The molecule has 1 saturated heterocycles. The van der Waals surface area contributed by atoms with Gasteiger partial charge in [0.25, 0.3) is 5.91 Å². The maximum atomic E-state index is 13.2. The molecule has 0 bridgehead atoms. The van der Waals surface area contributed by atoms with Crippen LogP contribution in [0.1, 0.15) is 36.0 Å². The molecule has 2 aromatic rings. The van der Waals surface area contributed by atoms with E-state index in [-0.39, 0.29) is 29.6 Å². The number of likely N-dealkylation sites (N-methyl/N-ethyl adjacent to an activating group) is 1. The quantitative estimate of drug-likeness (QED) is 0.563. The average Bonchev–Trinajstić information content (AvgIpc) is 3.38. The Labute approximate surface area is 219 Å². The molecule has 3 amide bonds. The average molecular weight is 535 g/mol. The summed E-state index contributed by atoms with van der Waals surface area (Å²) in [4.78, 5) is 44.3. The highest BCUT2D eigenvalue weighted by atomic mass is 35.5. The number of carbonyl (C=O) groups excluding carboxylic acids is 3. The fraction of sp³-hybridized carbons (Fsp3) is 0.400. The molecule has 2 atom stereocenters. The molecule has 0 unspecified atom stereocenters. The molecule has 9 nitrogen and oxygen atoms in total. The van der Waals surface area contributed by atoms with E-state index >= 15 is 0 Å². The number of urea groups is 1. The maximum absolute atomic E-state index is 13.2. The second kappa shape index (κ2) is 10.9. The second-order valence-corrected chi connectivity index (χ2v) is 9.51. The van der Waals surface area contributed by atoms with Crippen LogP contribution in [0.15, 0.2) is 52.3 Å². The SMILES string of the molecule is CCOC(=O)C1=C(CN2CCN(C(=O)c3ccco3)[C@@H](C)C2)N(C)C(=O)N[C@@H]1c1cccc(Cl)c1Cl. The number of carbonyl (C=O) groups is 3. The number of hydrogen-bond acceptors (Lipinski definition) is 6. The zero-order valence-corrected chi connectivity index (χ0v) is 21.8. The number of amides is 3. The Morgan fingerprint density at radius 1 is 1.19 bits per heavy atom. The highest BCUT2D eigenvalue weighted by molar-refractivity contribution is 6.42. The molecule has 1 aromatic carbocycles. The fourth-order valence-corrected chi connectivity index (χ4v) is 5.02. The number of esters is 1. The number of rotatable bonds is 6. The zero-order valence-electron chi connectivity index (χ0n) is 20.3. The van der Waals surface area contributed by atoms with Crippen molar-refractivity contribution in [3.8, 4) is 0 Å². The third kappa shape index (κ3) is 5.09. The normalized spacial score (nSPS) is 21.0. The van der Waals surface area contributed by atoms with Crippen molar-refractivity contribution < 1.29 is 23.5 Å². The molecule has 192 valence electrons. The summed E-state index contributed by atoms with van der Waals surface area (Å²) in [5, 5.41) is 3.43. The van der Waals surface area contributed by atoms with Gasteiger partial charge in [0.05, 0.1) is 34.5 Å². The lowest BCUT2D eigenvalue weighted by Crippen LogP contribution is -2.56. The standard InChI is InChI=1S/C25H28Cl2N4O5/c1-4-35-24(33)20-18(29(3)25(34)28-22(20)16-7-5-8-17(26)21(16)27)14-30-10-11-31(15(2)13-30)23(32)19-9-6-12-36-19/h5-9,12,15,22H,4,10-11,13-14H2,1-3H3,(H,28,34)/t15-,22+/m0/s1. The summed E-state index contributed by atoms with van der Waals surface area (Å²) < 4.78 is 10.7. The van der Waals surface area contributed by atoms with E-state index in [2.05, 4.69) is 10.2 Å². The highest BCUT2D eigenvalue weighted by Gasteiger charge is 2.39. The van der Waals surface area contributed by atoms with Crippen LogP contribution in [-0.2, 0) is 9.53 Å². The summed E-state index contributed by atoms with van der Waals surface area (Å²) in [5.74, 6) is -0.406. The minimum Gasteiger partial charge on any atom is -0.463 e. The van der Waals surface area contributed by atoms with E-state index in [0.717, 1.165) is 0 Å². The molecule has 0 saturated carbocycles. The predicted octanol–water partition coefficient (Wildman–Crippen LogP) is 3.95. The van der Waals surface area contributed by atoms with Crippen LogP contribution in [0.25, 0.3) is 0 Å². The third-order valence-electron chi connectivity index (χ3n) is 6.44. The number of ether oxygens (including phenoxy) is 1. The molecule has 0 radical (unpaired) electrons. The van der Waals surface area contributed by atoms with Crippen LogP contribution in [0.5, 0.6) is 0 Å². The van der Waals surface area contributed by atoms with Gasteiger partial charge in [0.2, 0.25) is 0 Å². The summed E-state index contributed by atoms with van der Waals surface area (Å²) in [6.45, 7) is 5.73. The molecule has 1 aromatic heterocycles. The van der Waals surface area contributed by atoms with Crippen LogP contribution in [0.3, 0.4) is 0 Å². The van der Waals surface area contributed by atoms with Crippen LogP contribution in [0.4, 0.5) is 4.79 Å². The van der Waals surface area contributed by atoms with Crippen LogP contribution < -0.4 is 5.32 Å². The molecule has 1 fully saturated rings. The van der Waals surface area contributed by atoms with Gasteiger partial charge in [-0.3, -0.25) is 14.6 Å². The lowest BCUT2D eigenvalue weighted by Gasteiger charge is -2.42. The number of nitrogens with one attached hydrogen (secondary N) is 1. The Balaban J connectivity index is 1.65. The molecule has 0 aliphatic carbocycles. The third-order valence-corrected chi connectivity index (χ3v) is 7.28. The van der Waals surface area contributed by atoms with Gasteiger partial charge in [0, 0.05) is 45.0 Å². The number of nitrogens with zero attached hydrogens (tertiary/aromatic N) is 3. The molecule has 3 heterocycles. The Kier molecular flexibility index (Phi) is 7.92. The minimum atomic E-state index is -0.826. The van der Waals surface area contributed by atoms with Crippen molar-refractivity contribution in [1.82, 2.24) is 20.0 Å². The van der Waals surface area contributed by atoms with E-state index in [1.807, 2.05) is 6.92 Å². The maximum Gasteiger partial charge on any atom is 0.338 e. The fourth-order valence-electron chi connectivity index (χ4n) is 4.61. The van der Waals surface area contributed by atoms with Gasteiger partial charge in [-0.05, 0) is 37.6 Å². The van der Waals surface area contributed by atoms with Gasteiger partial charge < -0.3 is 19.4 Å². The first kappa shape index (κ1) is 26.1. The predicted molar refractivity (Wildman–Crippen MR) is 135 cm³/mol. The molecule has 4 rings (SSSR count). The van der Waals surface area contributed by atoms with Gasteiger partial charge in [-0.25, -0.2) is 9.59 Å². The Bertz CT molecular complexity index is 1180.